The third kappa shape index (κ3) is 3.46. The van der Waals surface area contributed by atoms with Gasteiger partial charge in [-0.05, 0) is 38.0 Å². The zero-order chi connectivity index (χ0) is 19.9. The van der Waals surface area contributed by atoms with E-state index < -0.39 is 10.0 Å². The SMILES string of the molecule is CC(=O)c1ccc(S(=O)(=O)Nc2sc3c(c2-c2nc(C)no2)CCOC3)cc1. The van der Waals surface area contributed by atoms with Crippen LogP contribution in [0.5, 0.6) is 0 Å². The molecule has 1 N–H and O–H groups in total. The molecule has 28 heavy (non-hydrogen) atoms. The Morgan fingerprint density at radius 2 is 2.00 bits per heavy atom. The van der Waals surface area contributed by atoms with Crippen LogP contribution in [0.1, 0.15) is 33.5 Å². The fraction of sp³-hybridized carbons (Fsp3) is 0.278. The molecule has 1 aliphatic heterocycles. The topological polar surface area (TPSA) is 111 Å². The maximum atomic E-state index is 12.9. The molecule has 146 valence electrons. The van der Waals surface area contributed by atoms with Crippen LogP contribution in [-0.4, -0.2) is 30.9 Å². The van der Waals surface area contributed by atoms with Gasteiger partial charge in [-0.15, -0.1) is 11.3 Å². The molecule has 1 aromatic carbocycles. The summed E-state index contributed by atoms with van der Waals surface area (Å²) >= 11 is 1.30. The first-order chi connectivity index (χ1) is 13.3. The highest BCUT2D eigenvalue weighted by molar-refractivity contribution is 7.93. The number of Topliss-reactive ketones (excluding diaryl/α,β-unsaturated/α-hetero) is 1. The van der Waals surface area contributed by atoms with Crippen LogP contribution >= 0.6 is 11.3 Å². The van der Waals surface area contributed by atoms with Gasteiger partial charge in [0.1, 0.15) is 5.00 Å². The molecule has 1 aliphatic rings. The summed E-state index contributed by atoms with van der Waals surface area (Å²) < 4.78 is 39.2. The van der Waals surface area contributed by atoms with Crippen molar-refractivity contribution in [1.82, 2.24) is 10.1 Å². The Bertz CT molecular complexity index is 1150. The monoisotopic (exact) mass is 419 g/mol. The number of ether oxygens (including phenoxy) is 1. The van der Waals surface area contributed by atoms with Crippen molar-refractivity contribution < 1.29 is 22.5 Å². The number of aryl methyl sites for hydroxylation is 1. The lowest BCUT2D eigenvalue weighted by molar-refractivity contribution is 0.101. The maximum Gasteiger partial charge on any atom is 0.262 e. The Labute approximate surface area is 165 Å². The van der Waals surface area contributed by atoms with E-state index in [1.54, 1.807) is 6.92 Å². The van der Waals surface area contributed by atoms with E-state index in [1.165, 1.54) is 42.5 Å². The smallest absolute Gasteiger partial charge is 0.262 e. The van der Waals surface area contributed by atoms with Crippen LogP contribution < -0.4 is 4.72 Å². The molecule has 0 bridgehead atoms. The number of carbonyl (C=O) groups is 1. The summed E-state index contributed by atoms with van der Waals surface area (Å²) in [7, 11) is -3.86. The first kappa shape index (κ1) is 18.8. The zero-order valence-corrected chi connectivity index (χ0v) is 16.8. The molecule has 0 atom stereocenters. The molecule has 0 saturated heterocycles. The first-order valence-corrected chi connectivity index (χ1v) is 10.8. The molecular weight excluding hydrogens is 402 g/mol. The third-order valence-electron chi connectivity index (χ3n) is 4.36. The van der Waals surface area contributed by atoms with Crippen LogP contribution in [0.25, 0.3) is 11.5 Å². The van der Waals surface area contributed by atoms with Crippen LogP contribution in [0, 0.1) is 6.92 Å². The summed E-state index contributed by atoms with van der Waals surface area (Å²) in [5.41, 5.74) is 2.02. The second kappa shape index (κ2) is 7.12. The minimum atomic E-state index is -3.86. The molecule has 4 rings (SSSR count). The first-order valence-electron chi connectivity index (χ1n) is 8.52. The van der Waals surface area contributed by atoms with Gasteiger partial charge >= 0.3 is 0 Å². The lowest BCUT2D eigenvalue weighted by atomic mass is 10.1. The van der Waals surface area contributed by atoms with E-state index >= 15 is 0 Å². The van der Waals surface area contributed by atoms with Crippen molar-refractivity contribution in [3.05, 3.63) is 46.1 Å². The highest BCUT2D eigenvalue weighted by Gasteiger charge is 2.28. The standard InChI is InChI=1S/C18H17N3O5S2/c1-10(22)12-3-5-13(6-4-12)28(23,24)21-18-16(17-19-11(2)20-26-17)14-7-8-25-9-15(14)27-18/h3-6,21H,7-9H2,1-2H3. The molecule has 0 radical (unpaired) electrons. The van der Waals surface area contributed by atoms with Gasteiger partial charge in [-0.25, -0.2) is 8.42 Å². The highest BCUT2D eigenvalue weighted by atomic mass is 32.2. The van der Waals surface area contributed by atoms with Crippen LogP contribution in [0.15, 0.2) is 33.7 Å². The molecule has 3 aromatic rings. The number of fused-ring (bicyclic) bond motifs is 1. The lowest BCUT2D eigenvalue weighted by Crippen LogP contribution is -2.13. The minimum Gasteiger partial charge on any atom is -0.376 e. The highest BCUT2D eigenvalue weighted by Crippen LogP contribution is 2.43. The van der Waals surface area contributed by atoms with Crippen molar-refractivity contribution in [2.45, 2.75) is 31.8 Å². The second-order valence-electron chi connectivity index (χ2n) is 6.34. The zero-order valence-electron chi connectivity index (χ0n) is 15.2. The fourth-order valence-electron chi connectivity index (χ4n) is 2.98. The van der Waals surface area contributed by atoms with Crippen molar-refractivity contribution in [3.63, 3.8) is 0 Å². The Morgan fingerprint density at radius 1 is 1.25 bits per heavy atom. The number of nitrogens with zero attached hydrogens (tertiary/aromatic N) is 2. The van der Waals surface area contributed by atoms with Crippen molar-refractivity contribution in [2.24, 2.45) is 0 Å². The van der Waals surface area contributed by atoms with Gasteiger partial charge in [-0.3, -0.25) is 9.52 Å². The fourth-order valence-corrected chi connectivity index (χ4v) is 5.46. The molecule has 8 nitrogen and oxygen atoms in total. The van der Waals surface area contributed by atoms with Crippen LogP contribution in [0.3, 0.4) is 0 Å². The third-order valence-corrected chi connectivity index (χ3v) is 6.98. The predicted octanol–water partition coefficient (Wildman–Crippen LogP) is 3.18. The Balaban J connectivity index is 1.74. The molecule has 0 saturated carbocycles. The number of aromatic nitrogens is 2. The molecule has 3 heterocycles. The largest absolute Gasteiger partial charge is 0.376 e. The number of rotatable bonds is 5. The maximum absolute atomic E-state index is 12.9. The number of nitrogens with one attached hydrogen (secondary N) is 1. The van der Waals surface area contributed by atoms with E-state index in [1.807, 2.05) is 0 Å². The average Bonchev–Trinajstić information content (AvgIpc) is 3.24. The summed E-state index contributed by atoms with van der Waals surface area (Å²) in [5.74, 6) is 0.619. The normalized spacial score (nSPS) is 13.9. The Kier molecular flexibility index (Phi) is 4.77. The van der Waals surface area contributed by atoms with E-state index in [0.29, 0.717) is 41.6 Å². The number of sulfonamides is 1. The van der Waals surface area contributed by atoms with E-state index in [9.17, 15) is 13.2 Å². The van der Waals surface area contributed by atoms with E-state index in [2.05, 4.69) is 14.9 Å². The molecular formula is C18H17N3O5S2. The van der Waals surface area contributed by atoms with Gasteiger partial charge in [-0.1, -0.05) is 17.3 Å². The molecule has 0 fully saturated rings. The summed E-state index contributed by atoms with van der Waals surface area (Å²) in [4.78, 5) is 16.7. The van der Waals surface area contributed by atoms with Gasteiger partial charge in [0.15, 0.2) is 11.6 Å². The predicted molar refractivity (Wildman–Crippen MR) is 103 cm³/mol. The van der Waals surface area contributed by atoms with Gasteiger partial charge in [0.2, 0.25) is 0 Å². The number of hydrogen-bond donors (Lipinski definition) is 1. The second-order valence-corrected chi connectivity index (χ2v) is 9.13. The van der Waals surface area contributed by atoms with Crippen LogP contribution in [0.4, 0.5) is 5.00 Å². The van der Waals surface area contributed by atoms with Gasteiger partial charge in [0, 0.05) is 10.4 Å². The molecule has 10 heteroatoms. The van der Waals surface area contributed by atoms with Crippen molar-refractivity contribution >= 4 is 32.1 Å². The molecule has 2 aromatic heterocycles. The number of carbonyl (C=O) groups excluding carboxylic acids is 1. The van der Waals surface area contributed by atoms with Crippen molar-refractivity contribution in [3.8, 4) is 11.5 Å². The van der Waals surface area contributed by atoms with Crippen LogP contribution in [-0.2, 0) is 27.8 Å². The number of hydrogen-bond acceptors (Lipinski definition) is 8. The summed E-state index contributed by atoms with van der Waals surface area (Å²) in [6.07, 6.45) is 0.637. The van der Waals surface area contributed by atoms with Gasteiger partial charge in [-0.2, -0.15) is 4.98 Å². The van der Waals surface area contributed by atoms with Crippen molar-refractivity contribution in [2.75, 3.05) is 11.3 Å². The molecule has 0 spiro atoms. The number of anilines is 1. The van der Waals surface area contributed by atoms with Gasteiger partial charge in [0.05, 0.1) is 23.7 Å². The molecule has 0 amide bonds. The van der Waals surface area contributed by atoms with Crippen LogP contribution in [0.2, 0.25) is 0 Å². The molecule has 0 unspecified atom stereocenters. The van der Waals surface area contributed by atoms with Gasteiger partial charge in [0.25, 0.3) is 15.9 Å². The van der Waals surface area contributed by atoms with Crippen molar-refractivity contribution in [1.29, 1.82) is 0 Å². The van der Waals surface area contributed by atoms with Gasteiger partial charge < -0.3 is 9.26 Å². The average molecular weight is 419 g/mol. The lowest BCUT2D eigenvalue weighted by Gasteiger charge is -2.12. The summed E-state index contributed by atoms with van der Waals surface area (Å²) in [6, 6.07) is 5.80. The van der Waals surface area contributed by atoms with E-state index in [4.69, 9.17) is 9.26 Å². The Morgan fingerprint density at radius 3 is 2.64 bits per heavy atom. The summed E-state index contributed by atoms with van der Waals surface area (Å²) in [5, 5.41) is 4.23. The Hall–Kier alpha value is -2.56. The quantitative estimate of drug-likeness (QED) is 0.632. The minimum absolute atomic E-state index is 0.0628. The van der Waals surface area contributed by atoms with E-state index in [-0.39, 0.29) is 16.6 Å². The number of benzene rings is 1. The summed E-state index contributed by atoms with van der Waals surface area (Å²) in [6.45, 7) is 4.09. The number of thiophene rings is 1. The van der Waals surface area contributed by atoms with E-state index in [0.717, 1.165) is 10.4 Å². The number of ketones is 1. The molecule has 0 aliphatic carbocycles.